The molecule has 1 radical (unpaired) electrons. The number of carbonyl (C=O) groups is 1. The molecule has 0 aromatic heterocycles. The van der Waals surface area contributed by atoms with Crippen LogP contribution in [0.1, 0.15) is 27.2 Å². The predicted molar refractivity (Wildman–Crippen MR) is 45.9 cm³/mol. The molecule has 0 aliphatic carbocycles. The maximum Gasteiger partial charge on any atom is 0.235 e. The van der Waals surface area contributed by atoms with E-state index in [4.69, 9.17) is 5.14 Å². The third kappa shape index (κ3) is 2.91. The second-order valence-corrected chi connectivity index (χ2v) is 4.66. The summed E-state index contributed by atoms with van der Waals surface area (Å²) in [6.45, 7) is 4.86. The zero-order valence-electron chi connectivity index (χ0n) is 7.49. The molecule has 12 heavy (non-hydrogen) atoms. The van der Waals surface area contributed by atoms with Crippen LogP contribution in [0.25, 0.3) is 0 Å². The zero-order chi connectivity index (χ0) is 9.94. The van der Waals surface area contributed by atoms with Crippen LogP contribution in [0.5, 0.6) is 0 Å². The van der Waals surface area contributed by atoms with Crippen LogP contribution in [0.4, 0.5) is 0 Å². The molecule has 1 atom stereocenters. The van der Waals surface area contributed by atoms with Crippen molar-refractivity contribution in [3.05, 3.63) is 0 Å². The molecular formula is C7H14NO3S. The van der Waals surface area contributed by atoms with Crippen LogP contribution < -0.4 is 5.14 Å². The first-order valence-electron chi connectivity index (χ1n) is 3.82. The Morgan fingerprint density at radius 3 is 1.92 bits per heavy atom. The summed E-state index contributed by atoms with van der Waals surface area (Å²) in [5, 5.41) is 5.62. The van der Waals surface area contributed by atoms with E-state index < -0.39 is 15.3 Å². The summed E-state index contributed by atoms with van der Waals surface area (Å²) in [6.07, 6.45) is 0.183. The van der Waals surface area contributed by atoms with Crippen molar-refractivity contribution >= 4 is 15.8 Å². The van der Waals surface area contributed by atoms with Gasteiger partial charge in [0.25, 0.3) is 0 Å². The smallest absolute Gasteiger partial charge is 0.235 e. The lowest BCUT2D eigenvalue weighted by Gasteiger charge is -2.12. The average Bonchev–Trinajstić information content (AvgIpc) is 1.85. The standard InChI is InChI=1S/C7H14NO3S/c1-4-6(12(8,10)11)7(9)5(2)3/h5-6,8H,4H2,1-3H3. The largest absolute Gasteiger partial charge is 0.298 e. The first-order chi connectivity index (χ1) is 5.30. The van der Waals surface area contributed by atoms with E-state index in [0.29, 0.717) is 0 Å². The van der Waals surface area contributed by atoms with Gasteiger partial charge in [0.1, 0.15) is 5.25 Å². The van der Waals surface area contributed by atoms with E-state index in [2.05, 4.69) is 0 Å². The Balaban J connectivity index is 4.71. The molecule has 0 heterocycles. The Morgan fingerprint density at radius 2 is 1.83 bits per heavy atom. The molecule has 0 aromatic carbocycles. The summed E-state index contributed by atoms with van der Waals surface area (Å²) in [7, 11) is -3.96. The Hall–Kier alpha value is -0.420. The van der Waals surface area contributed by atoms with Crippen LogP contribution in [-0.2, 0) is 14.8 Å². The van der Waals surface area contributed by atoms with Gasteiger partial charge in [-0.15, -0.1) is 5.14 Å². The van der Waals surface area contributed by atoms with Gasteiger partial charge in [-0.1, -0.05) is 20.8 Å². The monoisotopic (exact) mass is 192 g/mol. The number of nitrogens with one attached hydrogen (secondary N) is 1. The third-order valence-electron chi connectivity index (χ3n) is 1.63. The fraction of sp³-hybridized carbons (Fsp3) is 0.857. The van der Waals surface area contributed by atoms with Gasteiger partial charge >= 0.3 is 0 Å². The molecule has 0 aliphatic rings. The minimum atomic E-state index is -3.96. The summed E-state index contributed by atoms with van der Waals surface area (Å²) in [6, 6.07) is 0. The molecule has 1 unspecified atom stereocenters. The summed E-state index contributed by atoms with van der Waals surface area (Å²) in [5.74, 6) is -0.692. The third-order valence-corrected chi connectivity index (χ3v) is 2.95. The van der Waals surface area contributed by atoms with E-state index in [-0.39, 0.29) is 18.1 Å². The van der Waals surface area contributed by atoms with Crippen LogP contribution in [0.15, 0.2) is 0 Å². The summed E-state index contributed by atoms with van der Waals surface area (Å²) >= 11 is 0. The van der Waals surface area contributed by atoms with E-state index >= 15 is 0 Å². The van der Waals surface area contributed by atoms with Gasteiger partial charge in [0, 0.05) is 5.92 Å². The number of ketones is 1. The van der Waals surface area contributed by atoms with Crippen LogP contribution in [0.2, 0.25) is 0 Å². The molecule has 0 rings (SSSR count). The fourth-order valence-corrected chi connectivity index (χ4v) is 1.96. The topological polar surface area (TPSA) is 75.0 Å². The van der Waals surface area contributed by atoms with Crippen molar-refractivity contribution in [3.8, 4) is 0 Å². The maximum absolute atomic E-state index is 11.2. The summed E-state index contributed by atoms with van der Waals surface area (Å²) in [5.41, 5.74) is 0. The van der Waals surface area contributed by atoms with Crippen LogP contribution >= 0.6 is 0 Å². The SMILES string of the molecule is CCC(C(=O)C(C)C)S([NH])(=O)=O. The molecule has 0 saturated heterocycles. The van der Waals surface area contributed by atoms with Gasteiger partial charge in [-0.2, -0.15) is 0 Å². The van der Waals surface area contributed by atoms with E-state index in [1.54, 1.807) is 20.8 Å². The van der Waals surface area contributed by atoms with E-state index in [9.17, 15) is 13.2 Å². The van der Waals surface area contributed by atoms with Crippen molar-refractivity contribution in [2.75, 3.05) is 0 Å². The van der Waals surface area contributed by atoms with Crippen LogP contribution in [0.3, 0.4) is 0 Å². The Labute approximate surface area is 73.2 Å². The molecule has 0 aliphatic heterocycles. The molecular weight excluding hydrogens is 178 g/mol. The molecule has 4 nitrogen and oxygen atoms in total. The van der Waals surface area contributed by atoms with E-state index in [1.807, 2.05) is 0 Å². The molecule has 0 spiro atoms. The second-order valence-electron chi connectivity index (χ2n) is 3.00. The maximum atomic E-state index is 11.2. The summed E-state index contributed by atoms with van der Waals surface area (Å²) in [4.78, 5) is 11.2. The molecule has 0 bridgehead atoms. The number of hydrogen-bond acceptors (Lipinski definition) is 3. The molecule has 1 N–H and O–H groups in total. The lowest BCUT2D eigenvalue weighted by atomic mass is 10.1. The fourth-order valence-electron chi connectivity index (χ4n) is 0.945. The van der Waals surface area contributed by atoms with E-state index in [1.165, 1.54) is 0 Å². The van der Waals surface area contributed by atoms with Crippen molar-refractivity contribution in [1.29, 1.82) is 0 Å². The number of sulfonamides is 1. The van der Waals surface area contributed by atoms with Crippen molar-refractivity contribution in [2.24, 2.45) is 5.92 Å². The molecule has 71 valence electrons. The second kappa shape index (κ2) is 4.00. The lowest BCUT2D eigenvalue weighted by molar-refractivity contribution is -0.121. The normalized spacial score (nSPS) is 14.8. The highest BCUT2D eigenvalue weighted by atomic mass is 32.2. The lowest BCUT2D eigenvalue weighted by Crippen LogP contribution is -2.33. The van der Waals surface area contributed by atoms with Gasteiger partial charge in [0.2, 0.25) is 10.0 Å². The predicted octanol–water partition coefficient (Wildman–Crippen LogP) is 0.603. The number of carbonyl (C=O) groups excluding carboxylic acids is 1. The molecule has 0 saturated carbocycles. The minimum absolute atomic E-state index is 0.183. The highest BCUT2D eigenvalue weighted by Crippen LogP contribution is 2.10. The number of hydrogen-bond donors (Lipinski definition) is 0. The molecule has 0 fully saturated rings. The van der Waals surface area contributed by atoms with Crippen LogP contribution in [-0.4, -0.2) is 19.5 Å². The zero-order valence-corrected chi connectivity index (χ0v) is 8.31. The Kier molecular flexibility index (Phi) is 3.86. The quantitative estimate of drug-likeness (QED) is 0.654. The van der Waals surface area contributed by atoms with Gasteiger partial charge in [-0.25, -0.2) is 8.42 Å². The Bertz CT molecular complexity index is 256. The van der Waals surface area contributed by atoms with Crippen molar-refractivity contribution in [3.63, 3.8) is 0 Å². The van der Waals surface area contributed by atoms with Gasteiger partial charge in [-0.3, -0.25) is 4.79 Å². The first-order valence-corrected chi connectivity index (χ1v) is 5.37. The number of rotatable bonds is 4. The van der Waals surface area contributed by atoms with Gasteiger partial charge < -0.3 is 0 Å². The van der Waals surface area contributed by atoms with Crippen molar-refractivity contribution in [1.82, 2.24) is 5.14 Å². The molecule has 0 aromatic rings. The van der Waals surface area contributed by atoms with Crippen LogP contribution in [0, 0.1) is 5.92 Å². The van der Waals surface area contributed by atoms with Gasteiger partial charge in [0.05, 0.1) is 0 Å². The molecule has 5 heteroatoms. The number of Topliss-reactive ketones (excluding diaryl/α,β-unsaturated/α-hetero) is 1. The highest BCUT2D eigenvalue weighted by Gasteiger charge is 2.29. The summed E-state index contributed by atoms with van der Waals surface area (Å²) < 4.78 is 21.5. The Morgan fingerprint density at radius 1 is 1.42 bits per heavy atom. The highest BCUT2D eigenvalue weighted by molar-refractivity contribution is 7.90. The average molecular weight is 192 g/mol. The van der Waals surface area contributed by atoms with Crippen molar-refractivity contribution < 1.29 is 13.2 Å². The van der Waals surface area contributed by atoms with Gasteiger partial charge in [-0.05, 0) is 6.42 Å². The van der Waals surface area contributed by atoms with Gasteiger partial charge in [0.15, 0.2) is 5.78 Å². The van der Waals surface area contributed by atoms with Crippen molar-refractivity contribution in [2.45, 2.75) is 32.4 Å². The first kappa shape index (κ1) is 11.6. The van der Waals surface area contributed by atoms with E-state index in [0.717, 1.165) is 0 Å². The molecule has 0 amide bonds. The minimum Gasteiger partial charge on any atom is -0.298 e.